The third-order valence-corrected chi connectivity index (χ3v) is 3.28. The van der Waals surface area contributed by atoms with E-state index in [-0.39, 0.29) is 5.91 Å². The highest BCUT2D eigenvalue weighted by Crippen LogP contribution is 2.25. The Morgan fingerprint density at radius 1 is 1.06 bits per heavy atom. The Hall–Kier alpha value is -2.29. The van der Waals surface area contributed by atoms with Crippen molar-refractivity contribution in [2.45, 2.75) is 6.42 Å². The largest absolute Gasteiger partial charge is 0.399 e. The van der Waals surface area contributed by atoms with Crippen molar-refractivity contribution in [2.24, 2.45) is 0 Å². The summed E-state index contributed by atoms with van der Waals surface area (Å²) >= 11 is 0. The van der Waals surface area contributed by atoms with Gasteiger partial charge in [0.2, 0.25) is 0 Å². The maximum Gasteiger partial charge on any atom is 0.258 e. The summed E-state index contributed by atoms with van der Waals surface area (Å²) in [5, 5.41) is 0. The molecule has 3 heteroatoms. The van der Waals surface area contributed by atoms with E-state index in [0.29, 0.717) is 12.2 Å². The smallest absolute Gasteiger partial charge is 0.258 e. The third kappa shape index (κ3) is 1.74. The zero-order valence-electron chi connectivity index (χ0n) is 9.97. The van der Waals surface area contributed by atoms with Gasteiger partial charge in [-0.1, -0.05) is 24.3 Å². The number of fused-ring (bicyclic) bond motifs is 1. The van der Waals surface area contributed by atoms with E-state index >= 15 is 0 Å². The molecule has 1 aliphatic heterocycles. The van der Waals surface area contributed by atoms with Crippen LogP contribution in [0.3, 0.4) is 0 Å². The minimum Gasteiger partial charge on any atom is -0.399 e. The van der Waals surface area contributed by atoms with E-state index in [1.807, 2.05) is 48.5 Å². The van der Waals surface area contributed by atoms with Gasteiger partial charge in [-0.15, -0.1) is 0 Å². The predicted octanol–water partition coefficient (Wildman–Crippen LogP) is 2.47. The summed E-state index contributed by atoms with van der Waals surface area (Å²) in [6.45, 7) is 0.708. The lowest BCUT2D eigenvalue weighted by molar-refractivity contribution is 0.0980. The van der Waals surface area contributed by atoms with Crippen LogP contribution >= 0.6 is 0 Å². The van der Waals surface area contributed by atoms with Crippen LogP contribution in [0.5, 0.6) is 0 Å². The Morgan fingerprint density at radius 2 is 1.89 bits per heavy atom. The summed E-state index contributed by atoms with van der Waals surface area (Å²) < 4.78 is 0. The highest BCUT2D eigenvalue weighted by molar-refractivity contribution is 6.08. The Labute approximate surface area is 106 Å². The number of benzene rings is 2. The molecule has 0 bridgehead atoms. The first-order chi connectivity index (χ1) is 8.75. The molecule has 0 aliphatic carbocycles. The first-order valence-corrected chi connectivity index (χ1v) is 6.01. The fourth-order valence-corrected chi connectivity index (χ4v) is 2.37. The molecule has 0 fully saturated rings. The van der Waals surface area contributed by atoms with Gasteiger partial charge in [-0.05, 0) is 36.2 Å². The summed E-state index contributed by atoms with van der Waals surface area (Å²) in [6, 6.07) is 15.2. The van der Waals surface area contributed by atoms with E-state index in [9.17, 15) is 4.79 Å². The van der Waals surface area contributed by atoms with Gasteiger partial charge in [-0.25, -0.2) is 0 Å². The normalized spacial score (nSPS) is 14.4. The maximum absolute atomic E-state index is 12.4. The van der Waals surface area contributed by atoms with Gasteiger partial charge in [0, 0.05) is 23.5 Å². The Kier molecular flexibility index (Phi) is 2.52. The summed E-state index contributed by atoms with van der Waals surface area (Å²) in [4.78, 5) is 14.2. The van der Waals surface area contributed by atoms with Crippen molar-refractivity contribution in [1.82, 2.24) is 0 Å². The van der Waals surface area contributed by atoms with Crippen LogP contribution in [-0.4, -0.2) is 12.5 Å². The lowest BCUT2D eigenvalue weighted by atomic mass is 9.98. The number of carbonyl (C=O) groups is 1. The summed E-state index contributed by atoms with van der Waals surface area (Å²) in [5.41, 5.74) is 9.24. The second kappa shape index (κ2) is 4.18. The van der Waals surface area contributed by atoms with Gasteiger partial charge in [0.25, 0.3) is 5.91 Å². The molecule has 18 heavy (non-hydrogen) atoms. The number of rotatable bonds is 1. The molecule has 1 heterocycles. The van der Waals surface area contributed by atoms with Crippen LogP contribution in [0.25, 0.3) is 0 Å². The van der Waals surface area contributed by atoms with E-state index < -0.39 is 0 Å². The van der Waals surface area contributed by atoms with Gasteiger partial charge in [-0.2, -0.15) is 0 Å². The highest BCUT2D eigenvalue weighted by atomic mass is 16.2. The second-order valence-electron chi connectivity index (χ2n) is 4.46. The maximum atomic E-state index is 12.4. The highest BCUT2D eigenvalue weighted by Gasteiger charge is 2.24. The fraction of sp³-hybridized carbons (Fsp3) is 0.133. The van der Waals surface area contributed by atoms with E-state index in [0.717, 1.165) is 23.2 Å². The first-order valence-electron chi connectivity index (χ1n) is 6.01. The standard InChI is InChI=1S/C15H14N2O/c16-12-5-3-6-13(10-12)17-9-8-11-4-1-2-7-14(11)15(17)18/h1-7,10H,8-9,16H2. The molecule has 0 saturated carbocycles. The van der Waals surface area contributed by atoms with Gasteiger partial charge < -0.3 is 10.6 Å². The molecule has 0 radical (unpaired) electrons. The quantitative estimate of drug-likeness (QED) is 0.776. The number of nitrogens with zero attached hydrogens (tertiary/aromatic N) is 1. The number of anilines is 2. The molecular weight excluding hydrogens is 224 g/mol. The Bertz CT molecular complexity index is 607. The average molecular weight is 238 g/mol. The van der Waals surface area contributed by atoms with Crippen LogP contribution in [0.15, 0.2) is 48.5 Å². The molecule has 0 aromatic heterocycles. The van der Waals surface area contributed by atoms with Crippen molar-refractivity contribution < 1.29 is 4.79 Å². The van der Waals surface area contributed by atoms with Crippen LogP contribution in [0.4, 0.5) is 11.4 Å². The molecule has 3 rings (SSSR count). The van der Waals surface area contributed by atoms with Crippen LogP contribution in [0.1, 0.15) is 15.9 Å². The molecule has 1 aliphatic rings. The first kappa shape index (κ1) is 10.8. The Morgan fingerprint density at radius 3 is 2.72 bits per heavy atom. The molecule has 2 aromatic carbocycles. The summed E-state index contributed by atoms with van der Waals surface area (Å²) in [6.07, 6.45) is 0.886. The fourth-order valence-electron chi connectivity index (χ4n) is 2.37. The predicted molar refractivity (Wildman–Crippen MR) is 72.7 cm³/mol. The Balaban J connectivity index is 2.00. The van der Waals surface area contributed by atoms with Gasteiger partial charge in [0.1, 0.15) is 0 Å². The zero-order chi connectivity index (χ0) is 12.5. The molecular formula is C15H14N2O. The van der Waals surface area contributed by atoms with E-state index in [4.69, 9.17) is 5.73 Å². The number of carbonyl (C=O) groups excluding carboxylic acids is 1. The van der Waals surface area contributed by atoms with Crippen molar-refractivity contribution in [3.8, 4) is 0 Å². The molecule has 0 unspecified atom stereocenters. The van der Waals surface area contributed by atoms with Crippen molar-refractivity contribution in [3.05, 3.63) is 59.7 Å². The van der Waals surface area contributed by atoms with Gasteiger partial charge >= 0.3 is 0 Å². The van der Waals surface area contributed by atoms with Gasteiger partial charge in [0.15, 0.2) is 0 Å². The van der Waals surface area contributed by atoms with Gasteiger partial charge in [0.05, 0.1) is 0 Å². The molecule has 2 N–H and O–H groups in total. The molecule has 90 valence electrons. The lowest BCUT2D eigenvalue weighted by Crippen LogP contribution is -2.37. The molecule has 3 nitrogen and oxygen atoms in total. The number of nitrogens with two attached hydrogens (primary N) is 1. The van der Waals surface area contributed by atoms with Crippen LogP contribution < -0.4 is 10.6 Å². The lowest BCUT2D eigenvalue weighted by Gasteiger charge is -2.28. The van der Waals surface area contributed by atoms with E-state index in [2.05, 4.69) is 0 Å². The minimum atomic E-state index is 0.0578. The van der Waals surface area contributed by atoms with Crippen LogP contribution in [-0.2, 0) is 6.42 Å². The number of amides is 1. The molecule has 0 spiro atoms. The molecule has 0 saturated heterocycles. The van der Waals surface area contributed by atoms with Crippen molar-refractivity contribution in [3.63, 3.8) is 0 Å². The van der Waals surface area contributed by atoms with Crippen molar-refractivity contribution in [2.75, 3.05) is 17.2 Å². The van der Waals surface area contributed by atoms with Crippen molar-refractivity contribution in [1.29, 1.82) is 0 Å². The summed E-state index contributed by atoms with van der Waals surface area (Å²) in [7, 11) is 0. The van der Waals surface area contributed by atoms with E-state index in [1.54, 1.807) is 4.90 Å². The monoisotopic (exact) mass is 238 g/mol. The third-order valence-electron chi connectivity index (χ3n) is 3.28. The molecule has 0 atom stereocenters. The zero-order valence-corrected chi connectivity index (χ0v) is 9.97. The van der Waals surface area contributed by atoms with Gasteiger partial charge in [-0.3, -0.25) is 4.79 Å². The van der Waals surface area contributed by atoms with Crippen LogP contribution in [0, 0.1) is 0 Å². The van der Waals surface area contributed by atoms with E-state index in [1.165, 1.54) is 0 Å². The average Bonchev–Trinajstić information content (AvgIpc) is 2.39. The number of hydrogen-bond acceptors (Lipinski definition) is 2. The van der Waals surface area contributed by atoms with Crippen LogP contribution in [0.2, 0.25) is 0 Å². The topological polar surface area (TPSA) is 46.3 Å². The molecule has 1 amide bonds. The summed E-state index contributed by atoms with van der Waals surface area (Å²) in [5.74, 6) is 0.0578. The van der Waals surface area contributed by atoms with Crippen molar-refractivity contribution >= 4 is 17.3 Å². The SMILES string of the molecule is Nc1cccc(N2CCc3ccccc3C2=O)c1. The number of hydrogen-bond donors (Lipinski definition) is 1. The minimum absolute atomic E-state index is 0.0578. The number of nitrogen functional groups attached to an aromatic ring is 1. The second-order valence-corrected chi connectivity index (χ2v) is 4.46. The molecule has 2 aromatic rings.